The molecule has 0 unspecified atom stereocenters. The van der Waals surface area contributed by atoms with E-state index in [9.17, 15) is 5.11 Å². The molecule has 0 aliphatic carbocycles. The van der Waals surface area contributed by atoms with Gasteiger partial charge in [0.25, 0.3) is 0 Å². The predicted molar refractivity (Wildman–Crippen MR) is 292 cm³/mol. The summed E-state index contributed by atoms with van der Waals surface area (Å²) >= 11 is 0.107. The van der Waals surface area contributed by atoms with Crippen molar-refractivity contribution in [2.75, 3.05) is 0 Å². The minimum atomic E-state index is -0.322. The fourth-order valence-corrected chi connectivity index (χ4v) is 12.4. The summed E-state index contributed by atoms with van der Waals surface area (Å²) in [5, 5.41) is 15.3. The van der Waals surface area contributed by atoms with Gasteiger partial charge in [0.2, 0.25) is 0 Å². The molecule has 0 spiro atoms. The topological polar surface area (TPSA) is 50.9 Å². The number of rotatable bonds is 6. The number of hydrogen-bond donors (Lipinski definition) is 1. The Hall–Kier alpha value is -5.74. The summed E-state index contributed by atoms with van der Waals surface area (Å²) in [6, 6.07) is 44.8. The third-order valence-corrected chi connectivity index (χ3v) is 16.2. The average Bonchev–Trinajstić information content (AvgIpc) is 3.84. The van der Waals surface area contributed by atoms with E-state index in [0.29, 0.717) is 5.82 Å². The number of imidazole rings is 1. The number of hydrogen-bond acceptors (Lipinski definition) is 3. The summed E-state index contributed by atoms with van der Waals surface area (Å²) < 4.78 is 5.17. The van der Waals surface area contributed by atoms with Gasteiger partial charge in [0.1, 0.15) is 0 Å². The Kier molecular flexibility index (Phi) is 11.7. The Morgan fingerprint density at radius 3 is 1.81 bits per heavy atom. The molecule has 0 amide bonds. The van der Waals surface area contributed by atoms with E-state index < -0.39 is 0 Å². The van der Waals surface area contributed by atoms with Crippen molar-refractivity contribution in [3.63, 3.8) is 0 Å². The maximum absolute atomic E-state index is 12.6. The van der Waals surface area contributed by atoms with Crippen LogP contribution >= 0.6 is 0 Å². The van der Waals surface area contributed by atoms with Crippen molar-refractivity contribution in [3.05, 3.63) is 155 Å². The second-order valence-electron chi connectivity index (χ2n) is 24.4. The van der Waals surface area contributed by atoms with Crippen molar-refractivity contribution in [1.29, 1.82) is 0 Å². The Balaban J connectivity index is 1.37. The molecule has 0 saturated heterocycles. The van der Waals surface area contributed by atoms with E-state index in [1.165, 1.54) is 36.0 Å². The van der Waals surface area contributed by atoms with E-state index in [4.69, 9.17) is 9.97 Å². The number of nitrogens with zero attached hydrogens (tertiary/aromatic N) is 3. The monoisotopic (exact) mass is 963 g/mol. The van der Waals surface area contributed by atoms with Crippen molar-refractivity contribution >= 4 is 44.8 Å². The van der Waals surface area contributed by atoms with Crippen molar-refractivity contribution in [3.8, 4) is 56.3 Å². The second-order valence-corrected chi connectivity index (χ2v) is 26.6. The molecule has 5 heteroatoms. The summed E-state index contributed by atoms with van der Waals surface area (Å²) in [6.45, 7) is 34.0. The van der Waals surface area contributed by atoms with Crippen LogP contribution in [0.25, 0.3) is 80.9 Å². The zero-order valence-corrected chi connectivity index (χ0v) is 44.7. The average molecular weight is 963 g/mol. The zero-order valence-electron chi connectivity index (χ0n) is 43.0. The molecular weight excluding hydrogens is 894 g/mol. The number of pyridine rings is 1. The summed E-state index contributed by atoms with van der Waals surface area (Å²) in [5.74, 6) is 0.981. The van der Waals surface area contributed by atoms with Crippen molar-refractivity contribution in [2.24, 2.45) is 5.41 Å². The van der Waals surface area contributed by atoms with Gasteiger partial charge < -0.3 is 0 Å². The van der Waals surface area contributed by atoms with E-state index in [-0.39, 0.29) is 47.3 Å². The first-order chi connectivity index (χ1) is 31.8. The number of aromatic hydroxyl groups is 1. The molecule has 9 rings (SSSR count). The molecule has 0 aliphatic heterocycles. The molecule has 3 heterocycles. The molecule has 0 bridgehead atoms. The van der Waals surface area contributed by atoms with Crippen LogP contribution in [-0.4, -0.2) is 34.1 Å². The molecule has 68 heavy (non-hydrogen) atoms. The van der Waals surface area contributed by atoms with E-state index in [1.54, 1.807) is 0 Å². The number of fused-ring (bicyclic) bond motifs is 4. The molecule has 0 radical (unpaired) electrons. The minimum absolute atomic E-state index is 0.0713. The van der Waals surface area contributed by atoms with Crippen molar-refractivity contribution in [2.45, 2.75) is 132 Å². The first kappa shape index (κ1) is 47.3. The molecule has 1 N–H and O–H groups in total. The van der Waals surface area contributed by atoms with Gasteiger partial charge in [-0.2, -0.15) is 0 Å². The molecular formula is C63H69N3OSe. The van der Waals surface area contributed by atoms with E-state index in [0.717, 1.165) is 73.3 Å². The molecule has 6 aromatic carbocycles. The van der Waals surface area contributed by atoms with E-state index >= 15 is 0 Å². The summed E-state index contributed by atoms with van der Waals surface area (Å²) in [4.78, 5) is 11.0. The van der Waals surface area contributed by atoms with Crippen LogP contribution in [0, 0.1) is 5.41 Å². The molecule has 3 aromatic heterocycles. The van der Waals surface area contributed by atoms with Gasteiger partial charge in [-0.25, -0.2) is 0 Å². The quantitative estimate of drug-likeness (QED) is 0.169. The van der Waals surface area contributed by atoms with Crippen LogP contribution in [0.2, 0.25) is 0 Å². The van der Waals surface area contributed by atoms with Gasteiger partial charge in [0.15, 0.2) is 0 Å². The Morgan fingerprint density at radius 1 is 0.515 bits per heavy atom. The predicted octanol–water partition coefficient (Wildman–Crippen LogP) is 16.9. The molecule has 0 atom stereocenters. The van der Waals surface area contributed by atoms with Crippen molar-refractivity contribution in [1.82, 2.24) is 14.5 Å². The third kappa shape index (κ3) is 8.89. The fraction of sp³-hybridized carbons (Fsp3) is 0.333. The molecule has 4 nitrogen and oxygen atoms in total. The molecule has 9 aromatic rings. The van der Waals surface area contributed by atoms with Crippen LogP contribution in [0.15, 0.2) is 128 Å². The number of benzene rings is 6. The zero-order chi connectivity index (χ0) is 48.9. The van der Waals surface area contributed by atoms with Crippen LogP contribution in [0.5, 0.6) is 5.75 Å². The molecule has 0 fully saturated rings. The number of phenolic OH excluding ortho intramolecular Hbond substituents is 1. The third-order valence-electron chi connectivity index (χ3n) is 13.5. The van der Waals surface area contributed by atoms with Crippen LogP contribution in [-0.2, 0) is 28.1 Å². The van der Waals surface area contributed by atoms with Gasteiger partial charge in [0.05, 0.1) is 0 Å². The van der Waals surface area contributed by atoms with Crippen molar-refractivity contribution < 1.29 is 5.11 Å². The Bertz CT molecular complexity index is 3390. The van der Waals surface area contributed by atoms with E-state index in [2.05, 4.69) is 230 Å². The first-order valence-electron chi connectivity index (χ1n) is 24.3. The van der Waals surface area contributed by atoms with Gasteiger partial charge >= 0.3 is 293 Å². The number of aromatic nitrogens is 3. The van der Waals surface area contributed by atoms with Gasteiger partial charge in [0, 0.05) is 0 Å². The number of phenols is 1. The molecule has 0 saturated carbocycles. The summed E-state index contributed by atoms with van der Waals surface area (Å²) in [7, 11) is 0. The standard InChI is InChI=1S/C63H69N3OSe/c1-59(2,3)37-39-23-19-25-46-47-29-30-64-53(57(47)68-56(39)46)41-31-40(32-43(33-41)61(7,8)9)45-24-20-26-52-54(45)65-58(49-35-44(62(10,11)12)36-50(55(49)67)63(13,14)15)66(52)51-28-27-42(60(4,5)6)34-48(51)38-21-17-16-18-22-38/h16-36,67H,37H2,1-15H3. The van der Waals surface area contributed by atoms with Gasteiger partial charge in [-0.1, -0.05) is 98.7 Å². The summed E-state index contributed by atoms with van der Waals surface area (Å²) in [5.41, 5.74) is 15.6. The first-order valence-corrected chi connectivity index (χ1v) is 26.0. The fourth-order valence-electron chi connectivity index (χ4n) is 9.67. The van der Waals surface area contributed by atoms with Crippen LogP contribution < -0.4 is 0 Å². The Labute approximate surface area is 411 Å². The van der Waals surface area contributed by atoms with Gasteiger partial charge in [-0.05, 0) is 21.8 Å². The van der Waals surface area contributed by atoms with Gasteiger partial charge in [-0.15, -0.1) is 0 Å². The summed E-state index contributed by atoms with van der Waals surface area (Å²) in [6.07, 6.45) is 3.05. The number of para-hydroxylation sites is 1. The molecule has 0 aliphatic rings. The second kappa shape index (κ2) is 16.7. The molecule has 348 valence electrons. The normalized spacial score (nSPS) is 13.0. The SMILES string of the molecule is CC(C)(C)Cc1cccc2c1[se]c1c(-c3cc(-c4cccc5c4nc(-c4cc(C(C)(C)C)cc(C(C)(C)C)c4O)n5-c4ccc(C(C)(C)C)cc4-c4ccccc4)cc(C(C)(C)C)c3)nccc12. The Morgan fingerprint density at radius 2 is 1.15 bits per heavy atom. The van der Waals surface area contributed by atoms with Gasteiger partial charge in [-0.3, -0.25) is 0 Å². The van der Waals surface area contributed by atoms with E-state index in [1.807, 2.05) is 6.20 Å². The maximum atomic E-state index is 12.6. The van der Waals surface area contributed by atoms with Crippen LogP contribution in [0.1, 0.15) is 132 Å². The van der Waals surface area contributed by atoms with Crippen LogP contribution in [0.3, 0.4) is 0 Å². The van der Waals surface area contributed by atoms with Crippen LogP contribution in [0.4, 0.5) is 0 Å².